The third-order valence-electron chi connectivity index (χ3n) is 5.25. The number of amides is 1. The van der Waals surface area contributed by atoms with Gasteiger partial charge in [0, 0.05) is 18.6 Å². The third kappa shape index (κ3) is 3.44. The lowest BCUT2D eigenvalue weighted by Crippen LogP contribution is -2.30. The van der Waals surface area contributed by atoms with Crippen LogP contribution in [0.4, 0.5) is 10.2 Å². The number of benzene rings is 1. The number of furan rings is 1. The van der Waals surface area contributed by atoms with Crippen molar-refractivity contribution in [1.29, 1.82) is 0 Å². The molecule has 0 atom stereocenters. The summed E-state index contributed by atoms with van der Waals surface area (Å²) in [4.78, 5) is 23.7. The minimum atomic E-state index is -0.295. The summed E-state index contributed by atoms with van der Waals surface area (Å²) >= 11 is 0. The van der Waals surface area contributed by atoms with Gasteiger partial charge >= 0.3 is 0 Å². The first-order chi connectivity index (χ1) is 13.4. The van der Waals surface area contributed by atoms with Crippen LogP contribution in [0.15, 0.2) is 35.0 Å². The molecule has 1 aliphatic carbocycles. The van der Waals surface area contributed by atoms with Crippen molar-refractivity contribution >= 4 is 22.8 Å². The highest BCUT2D eigenvalue weighted by molar-refractivity contribution is 6.10. The molecule has 2 heterocycles. The zero-order chi connectivity index (χ0) is 19.9. The first-order valence-electron chi connectivity index (χ1n) is 9.46. The van der Waals surface area contributed by atoms with Gasteiger partial charge in [0.25, 0.3) is 5.91 Å². The maximum absolute atomic E-state index is 13.4. The van der Waals surface area contributed by atoms with Crippen molar-refractivity contribution < 1.29 is 13.6 Å². The molecule has 0 radical (unpaired) electrons. The summed E-state index contributed by atoms with van der Waals surface area (Å²) in [6.45, 7) is 6.71. The van der Waals surface area contributed by atoms with E-state index in [0.717, 1.165) is 18.4 Å². The number of carbonyl (C=O) groups excluding carboxylic acids is 1. The molecule has 0 unspecified atom stereocenters. The average molecular weight is 382 g/mol. The molecule has 28 heavy (non-hydrogen) atoms. The van der Waals surface area contributed by atoms with Gasteiger partial charge in [-0.3, -0.25) is 4.79 Å². The van der Waals surface area contributed by atoms with Gasteiger partial charge in [0.05, 0.1) is 10.9 Å². The summed E-state index contributed by atoms with van der Waals surface area (Å²) in [6.07, 6.45) is 3.57. The Hall–Kier alpha value is -2.96. The lowest BCUT2D eigenvalue weighted by Gasteiger charge is -2.21. The van der Waals surface area contributed by atoms with Crippen molar-refractivity contribution in [1.82, 2.24) is 14.9 Å². The summed E-state index contributed by atoms with van der Waals surface area (Å²) in [7, 11) is 0. The van der Waals surface area contributed by atoms with E-state index in [1.54, 1.807) is 24.0 Å². The number of aromatic nitrogens is 2. The largest absolute Gasteiger partial charge is 0.442 e. The van der Waals surface area contributed by atoms with Crippen molar-refractivity contribution in [3.63, 3.8) is 0 Å². The molecule has 1 fully saturated rings. The van der Waals surface area contributed by atoms with Crippen LogP contribution in [-0.2, 0) is 6.54 Å². The highest BCUT2D eigenvalue weighted by Crippen LogP contribution is 2.40. The maximum Gasteiger partial charge on any atom is 0.258 e. The van der Waals surface area contributed by atoms with E-state index in [1.807, 2.05) is 6.92 Å². The molecular formula is C21H23FN4O2. The Morgan fingerprint density at radius 2 is 2.00 bits per heavy atom. The smallest absolute Gasteiger partial charge is 0.258 e. The maximum atomic E-state index is 13.4. The molecule has 1 amide bonds. The Bertz CT molecular complexity index is 1020. The first-order valence-corrected chi connectivity index (χ1v) is 9.46. The van der Waals surface area contributed by atoms with Crippen LogP contribution in [0, 0.1) is 12.7 Å². The number of hydrogen-bond acceptors (Lipinski definition) is 5. The second kappa shape index (κ2) is 6.89. The molecule has 146 valence electrons. The van der Waals surface area contributed by atoms with Crippen LogP contribution in [-0.4, -0.2) is 32.9 Å². The second-order valence-corrected chi connectivity index (χ2v) is 7.57. The minimum Gasteiger partial charge on any atom is -0.442 e. The molecule has 0 spiro atoms. The quantitative estimate of drug-likeness (QED) is 0.688. The van der Waals surface area contributed by atoms with E-state index < -0.39 is 0 Å². The van der Waals surface area contributed by atoms with E-state index in [1.165, 1.54) is 18.5 Å². The number of aryl methyl sites for hydroxylation is 1. The number of carbonyl (C=O) groups is 1. The summed E-state index contributed by atoms with van der Waals surface area (Å²) in [5, 5.41) is 4.05. The third-order valence-corrected chi connectivity index (χ3v) is 5.25. The molecule has 1 aromatic carbocycles. The molecule has 0 bridgehead atoms. The Kier molecular flexibility index (Phi) is 4.53. The van der Waals surface area contributed by atoms with E-state index in [0.29, 0.717) is 41.3 Å². The Balaban J connectivity index is 1.71. The number of nitrogens with zero attached hydrogens (tertiary/aromatic N) is 3. The highest BCUT2D eigenvalue weighted by Gasteiger charge is 2.38. The molecule has 4 rings (SSSR count). The molecule has 1 aliphatic rings. The van der Waals surface area contributed by atoms with Crippen LogP contribution < -0.4 is 5.32 Å². The van der Waals surface area contributed by atoms with Gasteiger partial charge in [0.2, 0.25) is 5.71 Å². The number of anilines is 1. The average Bonchev–Trinajstić information content (AvgIpc) is 3.29. The van der Waals surface area contributed by atoms with Crippen molar-refractivity contribution in [2.24, 2.45) is 0 Å². The molecular weight excluding hydrogens is 359 g/mol. The van der Waals surface area contributed by atoms with E-state index in [-0.39, 0.29) is 17.3 Å². The van der Waals surface area contributed by atoms with Gasteiger partial charge in [-0.15, -0.1) is 0 Å². The molecule has 3 aromatic rings. The van der Waals surface area contributed by atoms with Crippen LogP contribution >= 0.6 is 0 Å². The van der Waals surface area contributed by atoms with E-state index in [4.69, 9.17) is 4.42 Å². The van der Waals surface area contributed by atoms with Crippen LogP contribution in [0.2, 0.25) is 0 Å². The van der Waals surface area contributed by atoms with E-state index >= 15 is 0 Å². The van der Waals surface area contributed by atoms with E-state index in [9.17, 15) is 9.18 Å². The fraction of sp³-hybridized carbons (Fsp3) is 0.381. The summed E-state index contributed by atoms with van der Waals surface area (Å²) in [5.74, 6) is 0.697. The van der Waals surface area contributed by atoms with E-state index in [2.05, 4.69) is 22.2 Å². The van der Waals surface area contributed by atoms with Gasteiger partial charge in [-0.25, -0.2) is 14.4 Å². The standard InChI is InChI=1S/C21H23FN4O2/c1-4-26(11-14-5-7-15(22)8-6-14)20(27)16-13(2)28-19-17(16)18(23-12-24-19)25-21(3)9-10-21/h5-8,12H,4,9-11H2,1-3H3,(H,23,24,25). The molecule has 0 saturated heterocycles. The fourth-order valence-corrected chi connectivity index (χ4v) is 3.29. The summed E-state index contributed by atoms with van der Waals surface area (Å²) in [6, 6.07) is 6.18. The topological polar surface area (TPSA) is 71.3 Å². The Morgan fingerprint density at radius 1 is 1.29 bits per heavy atom. The molecule has 2 aromatic heterocycles. The van der Waals surface area contributed by atoms with Crippen molar-refractivity contribution in [2.75, 3.05) is 11.9 Å². The lowest BCUT2D eigenvalue weighted by molar-refractivity contribution is 0.0752. The van der Waals surface area contributed by atoms with Gasteiger partial charge in [-0.1, -0.05) is 12.1 Å². The molecule has 1 saturated carbocycles. The number of rotatable bonds is 6. The van der Waals surface area contributed by atoms with Crippen LogP contribution in [0.1, 0.15) is 48.4 Å². The number of nitrogens with one attached hydrogen (secondary N) is 1. The van der Waals surface area contributed by atoms with Crippen LogP contribution in [0.3, 0.4) is 0 Å². The summed E-state index contributed by atoms with van der Waals surface area (Å²) < 4.78 is 19.0. The highest BCUT2D eigenvalue weighted by atomic mass is 19.1. The fourth-order valence-electron chi connectivity index (χ4n) is 3.29. The lowest BCUT2D eigenvalue weighted by atomic mass is 10.1. The minimum absolute atomic E-state index is 0.00529. The number of fused-ring (bicyclic) bond motifs is 1. The molecule has 6 nitrogen and oxygen atoms in total. The Morgan fingerprint density at radius 3 is 2.64 bits per heavy atom. The SMILES string of the molecule is CCN(Cc1ccc(F)cc1)C(=O)c1c(C)oc2ncnc(NC3(C)CC3)c12. The molecule has 7 heteroatoms. The number of halogens is 1. The number of hydrogen-bond donors (Lipinski definition) is 1. The van der Waals surface area contributed by atoms with Gasteiger partial charge < -0.3 is 14.6 Å². The van der Waals surface area contributed by atoms with Gasteiger partial charge in [-0.05, 0) is 51.3 Å². The van der Waals surface area contributed by atoms with Crippen molar-refractivity contribution in [2.45, 2.75) is 45.7 Å². The zero-order valence-corrected chi connectivity index (χ0v) is 16.3. The second-order valence-electron chi connectivity index (χ2n) is 7.57. The van der Waals surface area contributed by atoms with Crippen LogP contribution in [0.25, 0.3) is 11.1 Å². The van der Waals surface area contributed by atoms with Gasteiger partial charge in [0.15, 0.2) is 0 Å². The van der Waals surface area contributed by atoms with Crippen molar-refractivity contribution in [3.8, 4) is 0 Å². The Labute approximate surface area is 162 Å². The first kappa shape index (κ1) is 18.4. The van der Waals surface area contributed by atoms with Crippen molar-refractivity contribution in [3.05, 3.63) is 53.3 Å². The van der Waals surface area contributed by atoms with Gasteiger partial charge in [0.1, 0.15) is 23.7 Å². The normalized spacial score (nSPS) is 14.9. The summed E-state index contributed by atoms with van der Waals surface area (Å²) in [5.41, 5.74) is 1.75. The monoisotopic (exact) mass is 382 g/mol. The predicted molar refractivity (Wildman–Crippen MR) is 105 cm³/mol. The zero-order valence-electron chi connectivity index (χ0n) is 16.3. The van der Waals surface area contributed by atoms with Crippen LogP contribution in [0.5, 0.6) is 0 Å². The van der Waals surface area contributed by atoms with Gasteiger partial charge in [-0.2, -0.15) is 0 Å². The molecule has 0 aliphatic heterocycles. The molecule has 1 N–H and O–H groups in total. The predicted octanol–water partition coefficient (Wildman–Crippen LogP) is 4.30.